The van der Waals surface area contributed by atoms with Crippen LogP contribution in [0.2, 0.25) is 0 Å². The summed E-state index contributed by atoms with van der Waals surface area (Å²) in [6.45, 7) is 4.73. The quantitative estimate of drug-likeness (QED) is 0.842. The molecule has 2 aliphatic heterocycles. The number of ether oxygens (including phenoxy) is 1. The normalized spacial score (nSPS) is 26.5. The number of carbonyl (C=O) groups excluding carboxylic acids is 1. The number of nitrogens with zero attached hydrogens (tertiary/aromatic N) is 1. The number of likely N-dealkylation sites (tertiary alicyclic amines) is 1. The fourth-order valence-electron chi connectivity index (χ4n) is 2.98. The average molecular weight is 300 g/mol. The van der Waals surface area contributed by atoms with E-state index in [1.54, 1.807) is 11.8 Å². The fraction of sp³-hybridized carbons (Fsp3) is 0.933. The van der Waals surface area contributed by atoms with E-state index in [9.17, 15) is 4.79 Å². The Balaban J connectivity index is 1.60. The van der Waals surface area contributed by atoms with E-state index in [1.165, 1.54) is 12.8 Å². The molecule has 1 amide bonds. The van der Waals surface area contributed by atoms with Crippen molar-refractivity contribution in [3.05, 3.63) is 0 Å². The van der Waals surface area contributed by atoms with Gasteiger partial charge in [0.15, 0.2) is 0 Å². The Kier molecular flexibility index (Phi) is 6.65. The van der Waals surface area contributed by atoms with Crippen LogP contribution in [-0.2, 0) is 9.53 Å². The maximum Gasteiger partial charge on any atom is 0.232 e. The van der Waals surface area contributed by atoms with E-state index in [0.717, 1.165) is 44.7 Å². The minimum atomic E-state index is 0.255. The molecule has 0 radical (unpaired) electrons. The van der Waals surface area contributed by atoms with Crippen LogP contribution in [-0.4, -0.2) is 54.2 Å². The molecule has 0 aliphatic carbocycles. The zero-order valence-corrected chi connectivity index (χ0v) is 13.4. The lowest BCUT2D eigenvalue weighted by Crippen LogP contribution is -2.43. The van der Waals surface area contributed by atoms with Crippen molar-refractivity contribution in [2.24, 2.45) is 11.7 Å². The molecule has 116 valence electrons. The number of amides is 1. The molecular formula is C15H28N2O2S. The van der Waals surface area contributed by atoms with Crippen molar-refractivity contribution in [2.45, 2.75) is 51.2 Å². The van der Waals surface area contributed by atoms with E-state index < -0.39 is 0 Å². The van der Waals surface area contributed by atoms with Gasteiger partial charge in [-0.3, -0.25) is 4.79 Å². The van der Waals surface area contributed by atoms with Crippen molar-refractivity contribution in [3.8, 4) is 0 Å². The Morgan fingerprint density at radius 3 is 2.70 bits per heavy atom. The molecule has 0 aromatic heterocycles. The molecule has 2 N–H and O–H groups in total. The highest BCUT2D eigenvalue weighted by Gasteiger charge is 2.24. The van der Waals surface area contributed by atoms with Gasteiger partial charge in [-0.25, -0.2) is 0 Å². The molecule has 2 saturated heterocycles. The van der Waals surface area contributed by atoms with E-state index >= 15 is 0 Å². The molecule has 0 bridgehead atoms. The lowest BCUT2D eigenvalue weighted by atomic mass is 9.91. The number of hydrogen-bond donors (Lipinski definition) is 1. The summed E-state index contributed by atoms with van der Waals surface area (Å²) in [5.41, 5.74) is 5.93. The standard InChI is InChI=1S/C15H28N2O2S/c1-12(16)13-5-7-17(8-6-13)15(18)11-20-10-14-4-2-3-9-19-14/h12-14H,2-11,16H2,1H3. The van der Waals surface area contributed by atoms with Gasteiger partial charge in [-0.15, -0.1) is 11.8 Å². The topological polar surface area (TPSA) is 55.6 Å². The summed E-state index contributed by atoms with van der Waals surface area (Å²) >= 11 is 1.73. The minimum Gasteiger partial charge on any atom is -0.377 e. The van der Waals surface area contributed by atoms with E-state index in [-0.39, 0.29) is 11.9 Å². The van der Waals surface area contributed by atoms with Gasteiger partial charge in [-0.2, -0.15) is 0 Å². The van der Waals surface area contributed by atoms with Gasteiger partial charge in [0.05, 0.1) is 11.9 Å². The summed E-state index contributed by atoms with van der Waals surface area (Å²) in [5.74, 6) is 2.43. The van der Waals surface area contributed by atoms with Crippen LogP contribution in [0.4, 0.5) is 0 Å². The van der Waals surface area contributed by atoms with Crippen LogP contribution in [0.1, 0.15) is 39.0 Å². The molecule has 0 spiro atoms. The number of nitrogens with two attached hydrogens (primary N) is 1. The zero-order valence-electron chi connectivity index (χ0n) is 12.6. The Labute approximate surface area is 126 Å². The van der Waals surface area contributed by atoms with Gasteiger partial charge in [-0.05, 0) is 44.9 Å². The second-order valence-corrected chi connectivity index (χ2v) is 7.11. The van der Waals surface area contributed by atoms with Crippen molar-refractivity contribution in [2.75, 3.05) is 31.2 Å². The summed E-state index contributed by atoms with van der Waals surface area (Å²) in [7, 11) is 0. The molecule has 2 rings (SSSR count). The molecule has 0 aromatic carbocycles. The van der Waals surface area contributed by atoms with Crippen molar-refractivity contribution < 1.29 is 9.53 Å². The first-order valence-corrected chi connectivity index (χ1v) is 9.05. The number of hydrogen-bond acceptors (Lipinski definition) is 4. The van der Waals surface area contributed by atoms with E-state index in [4.69, 9.17) is 10.5 Å². The van der Waals surface area contributed by atoms with Crippen LogP contribution >= 0.6 is 11.8 Å². The van der Waals surface area contributed by atoms with Crippen LogP contribution in [0.25, 0.3) is 0 Å². The van der Waals surface area contributed by atoms with Crippen molar-refractivity contribution in [1.82, 2.24) is 4.90 Å². The van der Waals surface area contributed by atoms with Gasteiger partial charge in [0.25, 0.3) is 0 Å². The van der Waals surface area contributed by atoms with Gasteiger partial charge < -0.3 is 15.4 Å². The number of thioether (sulfide) groups is 1. The first-order valence-electron chi connectivity index (χ1n) is 7.89. The SMILES string of the molecule is CC(N)C1CCN(C(=O)CSCC2CCCCO2)CC1. The molecular weight excluding hydrogens is 272 g/mol. The molecule has 5 heteroatoms. The van der Waals surface area contributed by atoms with Gasteiger partial charge in [0.1, 0.15) is 0 Å². The molecule has 2 heterocycles. The number of piperidine rings is 1. The Bertz CT molecular complexity index is 298. The summed E-state index contributed by atoms with van der Waals surface area (Å²) in [4.78, 5) is 14.2. The van der Waals surface area contributed by atoms with E-state index in [2.05, 4.69) is 6.92 Å². The Hall–Kier alpha value is -0.260. The zero-order chi connectivity index (χ0) is 14.4. The van der Waals surface area contributed by atoms with Crippen molar-refractivity contribution in [3.63, 3.8) is 0 Å². The van der Waals surface area contributed by atoms with Gasteiger partial charge in [0, 0.05) is 31.5 Å². The van der Waals surface area contributed by atoms with Gasteiger partial charge in [-0.1, -0.05) is 0 Å². The predicted molar refractivity (Wildman–Crippen MR) is 83.9 cm³/mol. The summed E-state index contributed by atoms with van der Waals surface area (Å²) in [6, 6.07) is 0.255. The van der Waals surface area contributed by atoms with Crippen molar-refractivity contribution >= 4 is 17.7 Å². The lowest BCUT2D eigenvalue weighted by Gasteiger charge is -2.33. The van der Waals surface area contributed by atoms with Crippen LogP contribution in [0.5, 0.6) is 0 Å². The molecule has 0 saturated carbocycles. The molecule has 0 aromatic rings. The largest absolute Gasteiger partial charge is 0.377 e. The third kappa shape index (κ3) is 4.93. The fourth-order valence-corrected chi connectivity index (χ4v) is 3.98. The first kappa shape index (κ1) is 16.1. The lowest BCUT2D eigenvalue weighted by molar-refractivity contribution is -0.129. The summed E-state index contributed by atoms with van der Waals surface area (Å²) in [6.07, 6.45) is 6.09. The molecule has 4 nitrogen and oxygen atoms in total. The number of rotatable bonds is 5. The summed E-state index contributed by atoms with van der Waals surface area (Å²) < 4.78 is 5.69. The predicted octanol–water partition coefficient (Wildman–Crippen LogP) is 1.87. The molecule has 2 aliphatic rings. The highest BCUT2D eigenvalue weighted by molar-refractivity contribution is 7.99. The monoisotopic (exact) mass is 300 g/mol. The van der Waals surface area contributed by atoms with Crippen LogP contribution in [0.15, 0.2) is 0 Å². The van der Waals surface area contributed by atoms with E-state index in [0.29, 0.717) is 17.8 Å². The third-order valence-corrected chi connectivity index (χ3v) is 5.50. The molecule has 2 atom stereocenters. The average Bonchev–Trinajstić information content (AvgIpc) is 2.48. The second-order valence-electron chi connectivity index (χ2n) is 6.08. The maximum absolute atomic E-state index is 12.1. The van der Waals surface area contributed by atoms with Gasteiger partial charge in [0.2, 0.25) is 5.91 Å². The number of carbonyl (C=O) groups is 1. The first-order chi connectivity index (χ1) is 9.66. The van der Waals surface area contributed by atoms with E-state index in [1.807, 2.05) is 4.90 Å². The third-order valence-electron chi connectivity index (χ3n) is 4.44. The van der Waals surface area contributed by atoms with Crippen LogP contribution in [0, 0.1) is 5.92 Å². The molecule has 20 heavy (non-hydrogen) atoms. The maximum atomic E-state index is 12.1. The highest BCUT2D eigenvalue weighted by Crippen LogP contribution is 2.21. The molecule has 2 unspecified atom stereocenters. The smallest absolute Gasteiger partial charge is 0.232 e. The van der Waals surface area contributed by atoms with Crippen LogP contribution in [0.3, 0.4) is 0 Å². The van der Waals surface area contributed by atoms with Gasteiger partial charge >= 0.3 is 0 Å². The second kappa shape index (κ2) is 8.25. The Morgan fingerprint density at radius 2 is 2.10 bits per heavy atom. The van der Waals surface area contributed by atoms with Crippen molar-refractivity contribution in [1.29, 1.82) is 0 Å². The molecule has 2 fully saturated rings. The van der Waals surface area contributed by atoms with Crippen LogP contribution < -0.4 is 5.73 Å². The minimum absolute atomic E-state index is 0.255. The Morgan fingerprint density at radius 1 is 1.35 bits per heavy atom. The summed E-state index contributed by atoms with van der Waals surface area (Å²) in [5, 5.41) is 0. The highest BCUT2D eigenvalue weighted by atomic mass is 32.2.